The van der Waals surface area contributed by atoms with E-state index in [0.717, 1.165) is 32.4 Å². The molecule has 4 rings (SSSR count). The Bertz CT molecular complexity index is 1900. The number of nitrogens with zero attached hydrogens (tertiary/aromatic N) is 6. The predicted octanol–water partition coefficient (Wildman–Crippen LogP) is -5.01. The van der Waals surface area contributed by atoms with E-state index in [1.807, 2.05) is 0 Å². The minimum absolute atomic E-state index is 0. The second-order valence-corrected chi connectivity index (χ2v) is 17.2. The minimum Gasteiger partial charge on any atom is -0.549 e. The number of aliphatic carboxylic acids is 4. The van der Waals surface area contributed by atoms with Gasteiger partial charge in [-0.05, 0) is 69.7 Å². The second-order valence-electron chi connectivity index (χ2n) is 17.2. The van der Waals surface area contributed by atoms with E-state index >= 15 is 0 Å². The van der Waals surface area contributed by atoms with Crippen LogP contribution in [0.4, 0.5) is 0 Å². The number of pyridine rings is 1. The fourth-order valence-corrected chi connectivity index (χ4v) is 8.37. The number of nitrogens with one attached hydrogen (secondary N) is 3. The van der Waals surface area contributed by atoms with Crippen molar-refractivity contribution in [2.75, 3.05) is 111 Å². The molecule has 3 aliphatic rings. The van der Waals surface area contributed by atoms with E-state index in [4.69, 9.17) is 4.74 Å². The zero-order chi connectivity index (χ0) is 48.7. The molecule has 4 heterocycles. The molecule has 0 spiro atoms. The van der Waals surface area contributed by atoms with Crippen molar-refractivity contribution in [3.8, 4) is 11.8 Å². The molecule has 3 atom stereocenters. The second kappa shape index (κ2) is 31.0. The Morgan fingerprint density at radius 3 is 2.01 bits per heavy atom. The molecule has 3 aliphatic heterocycles. The largest absolute Gasteiger partial charge is 3.00 e. The van der Waals surface area contributed by atoms with Crippen molar-refractivity contribution in [2.45, 2.75) is 70.4 Å². The number of likely N-dealkylation sites (tertiary alicyclic amines) is 1. The third-order valence-corrected chi connectivity index (χ3v) is 12.2. The molecule has 3 fully saturated rings. The Kier molecular flexibility index (Phi) is 26.4. The zero-order valence-corrected chi connectivity index (χ0v) is 40.9. The van der Waals surface area contributed by atoms with E-state index in [1.165, 1.54) is 17.3 Å². The molecule has 1 aromatic rings. The maximum atomic E-state index is 13.5. The van der Waals surface area contributed by atoms with Crippen LogP contribution in [0.5, 0.6) is 0 Å². The maximum Gasteiger partial charge on any atom is 3.00 e. The summed E-state index contributed by atoms with van der Waals surface area (Å²) in [5.41, 5.74) is 0.868. The van der Waals surface area contributed by atoms with Crippen molar-refractivity contribution in [1.82, 2.24) is 45.4 Å². The summed E-state index contributed by atoms with van der Waals surface area (Å²) in [5.74, 6) is -0.913. The van der Waals surface area contributed by atoms with Crippen molar-refractivity contribution in [2.24, 2.45) is 11.8 Å². The number of carbonyl (C=O) groups excluding carboxylic acids is 7. The molecule has 4 N–H and O–H groups in total. The summed E-state index contributed by atoms with van der Waals surface area (Å²) in [4.78, 5) is 111. The number of piperidine rings is 2. The van der Waals surface area contributed by atoms with Gasteiger partial charge < -0.3 is 60.4 Å². The topological polar surface area (TPSA) is 300 Å². The first kappa shape index (κ1) is 57.9. The Labute approximate surface area is 428 Å². The summed E-state index contributed by atoms with van der Waals surface area (Å²) in [6, 6.07) is -0.117. The first-order valence-electron chi connectivity index (χ1n) is 22.9. The van der Waals surface area contributed by atoms with Gasteiger partial charge in [0.2, 0.25) is 17.7 Å². The summed E-state index contributed by atoms with van der Waals surface area (Å²) in [7, 11) is 0. The minimum atomic E-state index is -1.34. The monoisotopic (exact) mass is 1100 g/mol. The Balaban J connectivity index is 0.0000122. The van der Waals surface area contributed by atoms with Gasteiger partial charge in [0.25, 0.3) is 0 Å². The van der Waals surface area contributed by atoms with Gasteiger partial charge in [0.1, 0.15) is 13.2 Å². The van der Waals surface area contributed by atoms with Crippen molar-refractivity contribution < 1.29 is 103 Å². The molecular formula is C45H64GdN9O13. The molecule has 3 saturated heterocycles. The van der Waals surface area contributed by atoms with Crippen molar-refractivity contribution in [3.63, 3.8) is 0 Å². The molecule has 0 bridgehead atoms. The van der Waals surface area contributed by atoms with Gasteiger partial charge in [-0.15, -0.1) is 0 Å². The Hall–Kier alpha value is -4.41. The van der Waals surface area contributed by atoms with E-state index in [9.17, 15) is 58.8 Å². The predicted molar refractivity (Wildman–Crippen MR) is 232 cm³/mol. The third-order valence-electron chi connectivity index (χ3n) is 12.2. The van der Waals surface area contributed by atoms with E-state index in [-0.39, 0.29) is 124 Å². The number of hydrogen-bond donors (Lipinski definition) is 4. The number of ether oxygens (including phenoxy) is 1. The standard InChI is InChI=1S/C45H67N9O13.Gd/c1-32(53-20-18-51(30-41(60)61)16-14-50(29-40(58)59)15-17-52(19-21-53)31-42(62)63)44(65)48-27-43(64)67-22-3-2-5-34-23-36(26-47-25-34)37(24-39(56)57)49-45(66)35-6-4-13-54(28-35)38(55)8-7-33-9-11-46-12-10-33;/h23,25-26,32-33,35,37,46H,3-4,6-22,24,27-31H2,1H3,(H,48,65)(H,49,66)(H,56,57)(H,58,59)(H,60,61)(H,62,63);/q;+3/p-3/t32-,35+,37-;/m0./s1. The van der Waals surface area contributed by atoms with E-state index in [2.05, 4.69) is 32.8 Å². The Morgan fingerprint density at radius 1 is 0.853 bits per heavy atom. The van der Waals surface area contributed by atoms with Crippen LogP contribution in [-0.2, 0) is 43.1 Å². The van der Waals surface area contributed by atoms with Gasteiger partial charge in [0.05, 0.1) is 42.3 Å². The van der Waals surface area contributed by atoms with Crippen LogP contribution >= 0.6 is 0 Å². The number of rotatable bonds is 20. The van der Waals surface area contributed by atoms with Gasteiger partial charge >= 0.3 is 51.9 Å². The number of carbonyl (C=O) groups is 8. The van der Waals surface area contributed by atoms with Crippen LogP contribution in [0.1, 0.15) is 75.5 Å². The SMILES string of the molecule is C[C@@H](C(=O)NCC(=O)OCCC#Cc1cncc([C@H](CC(=O)O)NC(=O)[C@@H]2CCCN(C(=O)CCC3CCNCC3)C2)c1)N1CCN(CC(=O)[O-])CCN(CC(=O)[O-])CCN(CC(=O)[O-])CC1.[Gd+3]. The normalized spacial score (nSPS) is 19.2. The van der Waals surface area contributed by atoms with E-state index in [1.54, 1.807) is 32.6 Å². The molecule has 68 heavy (non-hydrogen) atoms. The molecular weight excluding hydrogens is 1030 g/mol. The first-order valence-corrected chi connectivity index (χ1v) is 22.9. The van der Waals surface area contributed by atoms with E-state index < -0.39 is 86.4 Å². The third kappa shape index (κ3) is 21.9. The molecule has 22 nitrogen and oxygen atoms in total. The molecule has 0 aromatic carbocycles. The fraction of sp³-hybridized carbons (Fsp3) is 0.667. The van der Waals surface area contributed by atoms with Crippen LogP contribution in [0.2, 0.25) is 0 Å². The van der Waals surface area contributed by atoms with Crippen LogP contribution in [0, 0.1) is 63.6 Å². The van der Waals surface area contributed by atoms with Gasteiger partial charge in [0.15, 0.2) is 0 Å². The van der Waals surface area contributed by atoms with Crippen LogP contribution in [-0.4, -0.2) is 200 Å². The van der Waals surface area contributed by atoms with Gasteiger partial charge in [-0.1, -0.05) is 11.8 Å². The van der Waals surface area contributed by atoms with Crippen LogP contribution in [0.15, 0.2) is 18.5 Å². The molecule has 0 unspecified atom stereocenters. The summed E-state index contributed by atoms with van der Waals surface area (Å²) >= 11 is 0. The van der Waals surface area contributed by atoms with Gasteiger partial charge in [-0.25, -0.2) is 0 Å². The van der Waals surface area contributed by atoms with Crippen molar-refractivity contribution in [3.05, 3.63) is 29.6 Å². The fourth-order valence-electron chi connectivity index (χ4n) is 8.37. The summed E-state index contributed by atoms with van der Waals surface area (Å²) < 4.78 is 5.25. The quantitative estimate of drug-likeness (QED) is 0.0540. The molecule has 0 saturated carbocycles. The molecule has 23 heteroatoms. The molecule has 1 aromatic heterocycles. The zero-order valence-electron chi connectivity index (χ0n) is 38.6. The van der Waals surface area contributed by atoms with Crippen LogP contribution in [0.25, 0.3) is 0 Å². The van der Waals surface area contributed by atoms with Crippen molar-refractivity contribution >= 4 is 47.6 Å². The van der Waals surface area contributed by atoms with Crippen LogP contribution in [0.3, 0.4) is 0 Å². The summed E-state index contributed by atoms with van der Waals surface area (Å²) in [5, 5.41) is 52.7. The molecule has 375 valence electrons. The maximum absolute atomic E-state index is 13.5. The number of hydrogen-bond acceptors (Lipinski definition) is 18. The average molecular weight is 1100 g/mol. The Morgan fingerprint density at radius 2 is 1.44 bits per heavy atom. The number of esters is 1. The van der Waals surface area contributed by atoms with Gasteiger partial charge in [-0.3, -0.25) is 48.6 Å². The van der Waals surface area contributed by atoms with Gasteiger partial charge in [0, 0.05) is 116 Å². The number of aromatic nitrogens is 1. The molecule has 3 amide bonds. The van der Waals surface area contributed by atoms with E-state index in [0.29, 0.717) is 42.9 Å². The molecule has 0 aliphatic carbocycles. The van der Waals surface area contributed by atoms with Crippen molar-refractivity contribution in [1.29, 1.82) is 0 Å². The first-order chi connectivity index (χ1) is 32.1. The van der Waals surface area contributed by atoms with Gasteiger partial charge in [-0.2, -0.15) is 0 Å². The smallest absolute Gasteiger partial charge is 0.549 e. The summed E-state index contributed by atoms with van der Waals surface area (Å²) in [6.07, 6.45) is 7.25. The average Bonchev–Trinajstić information content (AvgIpc) is 3.29. The number of amides is 3. The number of carboxylic acid groups (broad SMARTS) is 4. The number of carboxylic acids is 4. The van der Waals surface area contributed by atoms with Crippen LogP contribution < -0.4 is 31.3 Å². The molecule has 1 radical (unpaired) electrons. The summed E-state index contributed by atoms with van der Waals surface area (Å²) in [6.45, 7) is 3.68.